The molecule has 0 aromatic rings. The summed E-state index contributed by atoms with van der Waals surface area (Å²) in [5.41, 5.74) is 5.62. The Hall–Kier alpha value is 2.40. The van der Waals surface area contributed by atoms with E-state index >= 15 is 0 Å². The Morgan fingerprint density at radius 3 is 0.661 bits per heavy atom. The van der Waals surface area contributed by atoms with Crippen molar-refractivity contribution in [3.05, 3.63) is 51.1 Å². The molecule has 352 valence electrons. The zero-order valence-corrected chi connectivity index (χ0v) is 52.1. The van der Waals surface area contributed by atoms with Gasteiger partial charge in [0.2, 0.25) is 0 Å². The van der Waals surface area contributed by atoms with Crippen LogP contribution in [0.3, 0.4) is 0 Å². The molecule has 0 radical (unpaired) electrons. The molecule has 0 saturated carbocycles. The molecule has 0 rings (SSSR count). The van der Waals surface area contributed by atoms with Gasteiger partial charge in [0.25, 0.3) is 0 Å². The normalized spacial score (nSPS) is 12.7. The van der Waals surface area contributed by atoms with Crippen LogP contribution in [0, 0.1) is 11.8 Å². The van der Waals surface area contributed by atoms with Gasteiger partial charge in [-0.25, -0.2) is 0 Å². The Bertz CT molecular complexity index is 493. The molecular weight excluding hydrogens is 824 g/mol. The van der Waals surface area contributed by atoms with E-state index in [1.807, 2.05) is 27.4 Å². The summed E-state index contributed by atoms with van der Waals surface area (Å²) in [5, 5.41) is 0. The molecule has 8 heteroatoms. The number of unbranched alkanes of at least 4 members (excludes halogenated alkanes) is 1. The van der Waals surface area contributed by atoms with Crippen LogP contribution in [0.2, 0.25) is 0 Å². The Labute approximate surface area is 383 Å². The van der Waals surface area contributed by atoms with Crippen LogP contribution in [0.15, 0.2) is 51.1 Å². The lowest BCUT2D eigenvalue weighted by Crippen LogP contribution is -1.99. The van der Waals surface area contributed by atoms with Crippen LogP contribution in [0.4, 0.5) is 0 Å². The van der Waals surface area contributed by atoms with Gasteiger partial charge in [-0.05, 0) is 91.5 Å². The van der Waals surface area contributed by atoms with Crippen molar-refractivity contribution in [1.82, 2.24) is 0 Å². The van der Waals surface area contributed by atoms with E-state index in [-0.39, 0.29) is 0 Å². The predicted octanol–water partition coefficient (Wildman–Crippen LogP) is 19.3. The van der Waals surface area contributed by atoms with Crippen LogP contribution in [-0.4, -0.2) is 46.3 Å². The zero-order chi connectivity index (χ0) is 48.1. The summed E-state index contributed by atoms with van der Waals surface area (Å²) in [6, 6.07) is 0. The van der Waals surface area contributed by atoms with Crippen LogP contribution in [0.1, 0.15) is 202 Å². The van der Waals surface area contributed by atoms with Crippen molar-refractivity contribution < 1.29 is 0 Å². The summed E-state index contributed by atoms with van der Waals surface area (Å²) in [4.78, 5) is 0. The number of hydrogen-bond acceptors (Lipinski definition) is 0. The molecule has 0 fully saturated rings. The molecule has 0 aliphatic carbocycles. The van der Waals surface area contributed by atoms with Crippen LogP contribution in [0.25, 0.3) is 0 Å². The molecule has 56 heavy (non-hydrogen) atoms. The van der Waals surface area contributed by atoms with Crippen molar-refractivity contribution in [1.29, 1.82) is 0 Å². The SMILES string of the molecule is C=C.C=CC.C=CC.C=CC.CC(C)CCC(C)P.CCC(C)CC(C)P.CCC(C)P.CCC(C)P.CCC(C)P.CCC(C)P.CCCCC(C)P.CP. The third-order valence-electron chi connectivity index (χ3n) is 6.26. The second-order valence-corrected chi connectivity index (χ2v) is 22.5. The average Bonchev–Trinajstić information content (AvgIpc) is 3.13. The summed E-state index contributed by atoms with van der Waals surface area (Å²) in [7, 11) is 21.8. The zero-order valence-electron chi connectivity index (χ0n) is 42.9. The maximum Gasteiger partial charge on any atom is -0.0290 e. The van der Waals surface area contributed by atoms with Crippen LogP contribution >= 0.6 is 73.9 Å². The fourth-order valence-electron chi connectivity index (χ4n) is 1.92. The quantitative estimate of drug-likeness (QED) is 0.127. The fraction of sp³-hybridized carbons (Fsp3) is 0.833. The lowest BCUT2D eigenvalue weighted by molar-refractivity contribution is 0.515. The van der Waals surface area contributed by atoms with Gasteiger partial charge in [0.05, 0.1) is 0 Å². The Balaban J connectivity index is -0.0000000386. The summed E-state index contributed by atoms with van der Waals surface area (Å²) < 4.78 is 0. The highest BCUT2D eigenvalue weighted by Gasteiger charge is 2.00. The lowest BCUT2D eigenvalue weighted by Gasteiger charge is -2.09. The molecule has 0 bridgehead atoms. The van der Waals surface area contributed by atoms with Gasteiger partial charge < -0.3 is 0 Å². The number of hydrogen-bond donors (Lipinski definition) is 0. The maximum atomic E-state index is 3.36. The van der Waals surface area contributed by atoms with Crippen molar-refractivity contribution in [3.8, 4) is 0 Å². The number of allylic oxidation sites excluding steroid dienone is 3. The van der Waals surface area contributed by atoms with E-state index in [1.54, 1.807) is 18.2 Å². The monoisotopic (exact) mass is 945 g/mol. The summed E-state index contributed by atoms with van der Waals surface area (Å²) >= 11 is 0. The lowest BCUT2D eigenvalue weighted by atomic mass is 10.0. The molecular formula is C48H120P8. The second-order valence-electron chi connectivity index (χ2n) is 14.6. The van der Waals surface area contributed by atoms with E-state index in [4.69, 9.17) is 0 Å². The molecule has 16 unspecified atom stereocenters. The molecule has 0 nitrogen and oxygen atoms in total. The minimum absolute atomic E-state index is 0.796. The van der Waals surface area contributed by atoms with Gasteiger partial charge in [0.1, 0.15) is 0 Å². The van der Waals surface area contributed by atoms with Gasteiger partial charge in [-0.1, -0.05) is 187 Å². The highest BCUT2D eigenvalue weighted by molar-refractivity contribution is 7.18. The van der Waals surface area contributed by atoms with Crippen molar-refractivity contribution >= 4 is 73.9 Å². The van der Waals surface area contributed by atoms with E-state index in [2.05, 4.69) is 218 Å². The first kappa shape index (κ1) is 89.4. The van der Waals surface area contributed by atoms with Gasteiger partial charge in [-0.15, -0.1) is 107 Å². The summed E-state index contributed by atoms with van der Waals surface area (Å²) in [6.45, 7) is 59.2. The Morgan fingerprint density at radius 1 is 0.393 bits per heavy atom. The van der Waals surface area contributed by atoms with E-state index in [0.29, 0.717) is 0 Å². The highest BCUT2D eigenvalue weighted by Crippen LogP contribution is 2.14. The van der Waals surface area contributed by atoms with Crippen LogP contribution < -0.4 is 0 Å². The molecule has 16 atom stereocenters. The van der Waals surface area contributed by atoms with Crippen molar-refractivity contribution in [2.75, 3.05) is 6.66 Å². The van der Waals surface area contributed by atoms with E-state index in [9.17, 15) is 0 Å². The molecule has 0 saturated heterocycles. The molecule has 0 spiro atoms. The molecule has 0 aromatic carbocycles. The van der Waals surface area contributed by atoms with E-state index < -0.39 is 0 Å². The minimum atomic E-state index is 0.796. The van der Waals surface area contributed by atoms with Crippen LogP contribution in [-0.2, 0) is 0 Å². The van der Waals surface area contributed by atoms with Crippen molar-refractivity contribution in [2.45, 2.75) is 242 Å². The topological polar surface area (TPSA) is 0 Å². The van der Waals surface area contributed by atoms with E-state index in [1.165, 1.54) is 70.6 Å². The fourth-order valence-corrected chi connectivity index (χ4v) is 2.82. The van der Waals surface area contributed by atoms with Crippen LogP contribution in [0.5, 0.6) is 0 Å². The highest BCUT2D eigenvalue weighted by atomic mass is 31.0. The first-order valence-electron chi connectivity index (χ1n) is 22.0. The third kappa shape index (κ3) is 268. The smallest absolute Gasteiger partial charge is 0.0290 e. The van der Waals surface area contributed by atoms with Crippen molar-refractivity contribution in [2.24, 2.45) is 11.8 Å². The molecule has 0 heterocycles. The largest absolute Gasteiger partial charge is 0.141 e. The second kappa shape index (κ2) is 96.9. The summed E-state index contributed by atoms with van der Waals surface area (Å²) in [6.07, 6.45) is 19.8. The standard InChI is InChI=1S/2C7H17P.C6H15P.4C4H11P.3C3H6.C2H4.CH5P/c1-6(2)4-5-7(3)8;1-4-6(2)5-7(3)8;1-3-4-5-6(2)7;4*1-3-4(2)5;3*1-3-2;2*1-2/h2*6-7H,4-5,8H2,1-3H3;6H,3-5,7H2,1-2H3;4*4H,3,5H2,1-2H3;3*3H,1H2,2H3;1-2H2;2H2,1H3. The molecule has 0 amide bonds. The van der Waals surface area contributed by atoms with Crippen molar-refractivity contribution in [3.63, 3.8) is 0 Å². The van der Waals surface area contributed by atoms with E-state index in [0.717, 1.165) is 51.4 Å². The molecule has 0 aliphatic rings. The summed E-state index contributed by atoms with van der Waals surface area (Å²) in [5.74, 6) is 1.78. The number of rotatable bonds is 13. The first-order chi connectivity index (χ1) is 25.9. The molecule has 0 N–H and O–H groups in total. The first-order valence-corrected chi connectivity index (χ1v) is 27.8. The maximum absolute atomic E-state index is 3.36. The minimum Gasteiger partial charge on any atom is -0.141 e. The van der Waals surface area contributed by atoms with Gasteiger partial charge >= 0.3 is 0 Å². The average molecular weight is 945 g/mol. The third-order valence-corrected chi connectivity index (χ3v) is 9.08. The van der Waals surface area contributed by atoms with Gasteiger partial charge in [-0.2, -0.15) is 0 Å². The predicted molar refractivity (Wildman–Crippen MR) is 318 cm³/mol. The molecule has 0 aromatic heterocycles. The Kier molecular flexibility index (Phi) is 155. The van der Waals surface area contributed by atoms with Gasteiger partial charge in [0, 0.05) is 0 Å². The Morgan fingerprint density at radius 2 is 0.607 bits per heavy atom. The van der Waals surface area contributed by atoms with Gasteiger partial charge in [-0.3, -0.25) is 0 Å². The molecule has 0 aliphatic heterocycles. The van der Waals surface area contributed by atoms with Gasteiger partial charge in [0.15, 0.2) is 0 Å².